The van der Waals surface area contributed by atoms with Gasteiger partial charge in [-0.2, -0.15) is 0 Å². The zero-order valence-corrected chi connectivity index (χ0v) is 9.57. The minimum absolute atomic E-state index is 0.165. The summed E-state index contributed by atoms with van der Waals surface area (Å²) in [6.07, 6.45) is 2.53. The first-order valence-electron chi connectivity index (χ1n) is 5.59. The van der Waals surface area contributed by atoms with Crippen LogP contribution in [0.3, 0.4) is 0 Å². The molecule has 2 atom stereocenters. The van der Waals surface area contributed by atoms with E-state index in [4.69, 9.17) is 16.0 Å². The van der Waals surface area contributed by atoms with Crippen molar-refractivity contribution >= 4 is 22.6 Å². The summed E-state index contributed by atoms with van der Waals surface area (Å²) in [5.74, 6) is 1.34. The highest BCUT2D eigenvalue weighted by atomic mass is 35.5. The van der Waals surface area contributed by atoms with E-state index >= 15 is 0 Å². The molecule has 1 aliphatic carbocycles. The number of rotatable bonds is 1. The van der Waals surface area contributed by atoms with E-state index in [0.717, 1.165) is 41.0 Å². The first-order valence-corrected chi connectivity index (χ1v) is 5.97. The molecular weight excluding hydrogens is 224 g/mol. The van der Waals surface area contributed by atoms with Crippen LogP contribution in [0, 0.1) is 0 Å². The molecule has 2 nitrogen and oxygen atoms in total. The molecule has 2 unspecified atom stereocenters. The van der Waals surface area contributed by atoms with Gasteiger partial charge in [0.25, 0.3) is 0 Å². The molecule has 0 aliphatic heterocycles. The van der Waals surface area contributed by atoms with Gasteiger partial charge in [-0.3, -0.25) is 0 Å². The number of fused-ring (bicyclic) bond motifs is 1. The van der Waals surface area contributed by atoms with Crippen molar-refractivity contribution in [3.05, 3.63) is 35.0 Å². The highest BCUT2D eigenvalue weighted by Crippen LogP contribution is 2.37. The van der Waals surface area contributed by atoms with Gasteiger partial charge in [-0.05, 0) is 43.5 Å². The van der Waals surface area contributed by atoms with Crippen molar-refractivity contribution in [2.24, 2.45) is 0 Å². The maximum atomic E-state index is 9.52. The van der Waals surface area contributed by atoms with E-state index in [1.54, 1.807) is 0 Å². The molecule has 0 spiro atoms. The monoisotopic (exact) mass is 236 g/mol. The summed E-state index contributed by atoms with van der Waals surface area (Å²) in [5.41, 5.74) is 0.876. The lowest BCUT2D eigenvalue weighted by Gasteiger charge is -2.03. The average molecular weight is 237 g/mol. The Morgan fingerprint density at radius 2 is 2.12 bits per heavy atom. The van der Waals surface area contributed by atoms with Gasteiger partial charge in [0.15, 0.2) is 0 Å². The molecule has 2 aromatic rings. The molecule has 84 valence electrons. The molecule has 0 saturated heterocycles. The highest BCUT2D eigenvalue weighted by molar-refractivity contribution is 6.31. The fourth-order valence-electron chi connectivity index (χ4n) is 2.45. The van der Waals surface area contributed by atoms with Crippen LogP contribution in [0.5, 0.6) is 0 Å². The number of hydrogen-bond acceptors (Lipinski definition) is 2. The molecule has 1 aliphatic rings. The Kier molecular flexibility index (Phi) is 2.41. The van der Waals surface area contributed by atoms with Crippen LogP contribution >= 0.6 is 11.6 Å². The smallest absolute Gasteiger partial charge is 0.134 e. The van der Waals surface area contributed by atoms with Crippen LogP contribution in [0.1, 0.15) is 30.9 Å². The zero-order chi connectivity index (χ0) is 11.1. The van der Waals surface area contributed by atoms with Gasteiger partial charge in [-0.1, -0.05) is 11.6 Å². The largest absolute Gasteiger partial charge is 0.461 e. The van der Waals surface area contributed by atoms with E-state index in [2.05, 4.69) is 0 Å². The molecule has 1 saturated carbocycles. The Balaban J connectivity index is 1.99. The standard InChI is InChI=1S/C13H13ClO2/c14-10-2-4-12-9(5-10)7-13(16-12)8-1-3-11(15)6-8/h2,4-5,7-8,11,15H,1,3,6H2. The highest BCUT2D eigenvalue weighted by Gasteiger charge is 2.26. The van der Waals surface area contributed by atoms with Crippen LogP contribution in [0.2, 0.25) is 5.02 Å². The van der Waals surface area contributed by atoms with Crippen LogP contribution in [-0.2, 0) is 0 Å². The minimum atomic E-state index is -0.165. The summed E-state index contributed by atoms with van der Waals surface area (Å²) in [4.78, 5) is 0. The van der Waals surface area contributed by atoms with Crippen LogP contribution in [0.4, 0.5) is 0 Å². The van der Waals surface area contributed by atoms with E-state index < -0.39 is 0 Å². The van der Waals surface area contributed by atoms with E-state index in [-0.39, 0.29) is 6.10 Å². The molecule has 1 N–H and O–H groups in total. The predicted octanol–water partition coefficient (Wildman–Crippen LogP) is 3.71. The van der Waals surface area contributed by atoms with Gasteiger partial charge >= 0.3 is 0 Å². The molecule has 1 fully saturated rings. The quantitative estimate of drug-likeness (QED) is 0.819. The van der Waals surface area contributed by atoms with Crippen molar-refractivity contribution in [3.8, 4) is 0 Å². The van der Waals surface area contributed by atoms with Gasteiger partial charge in [0.05, 0.1) is 6.10 Å². The van der Waals surface area contributed by atoms with Crippen LogP contribution in [-0.4, -0.2) is 11.2 Å². The van der Waals surface area contributed by atoms with Gasteiger partial charge < -0.3 is 9.52 Å². The van der Waals surface area contributed by atoms with Crippen LogP contribution < -0.4 is 0 Å². The number of halogens is 1. The average Bonchev–Trinajstić information content (AvgIpc) is 2.83. The third-order valence-corrected chi connectivity index (χ3v) is 3.54. The summed E-state index contributed by atoms with van der Waals surface area (Å²) in [6, 6.07) is 7.69. The van der Waals surface area contributed by atoms with Gasteiger partial charge in [0, 0.05) is 16.3 Å². The molecule has 3 rings (SSSR count). The van der Waals surface area contributed by atoms with Crippen LogP contribution in [0.15, 0.2) is 28.7 Å². The predicted molar refractivity (Wildman–Crippen MR) is 63.8 cm³/mol. The molecule has 0 radical (unpaired) electrons. The van der Waals surface area contributed by atoms with Crippen molar-refractivity contribution in [2.45, 2.75) is 31.3 Å². The fourth-order valence-corrected chi connectivity index (χ4v) is 2.63. The summed E-state index contributed by atoms with van der Waals surface area (Å²) in [7, 11) is 0. The summed E-state index contributed by atoms with van der Waals surface area (Å²) < 4.78 is 5.79. The van der Waals surface area contributed by atoms with Crippen molar-refractivity contribution in [1.82, 2.24) is 0 Å². The van der Waals surface area contributed by atoms with Crippen molar-refractivity contribution in [2.75, 3.05) is 0 Å². The third kappa shape index (κ3) is 1.72. The molecule has 16 heavy (non-hydrogen) atoms. The second-order valence-electron chi connectivity index (χ2n) is 4.49. The van der Waals surface area contributed by atoms with Gasteiger partial charge in [0.2, 0.25) is 0 Å². The van der Waals surface area contributed by atoms with Gasteiger partial charge in [0.1, 0.15) is 11.3 Å². The fraction of sp³-hybridized carbons (Fsp3) is 0.385. The maximum absolute atomic E-state index is 9.52. The second kappa shape index (κ2) is 3.79. The van der Waals surface area contributed by atoms with Crippen molar-refractivity contribution < 1.29 is 9.52 Å². The number of aliphatic hydroxyl groups is 1. The summed E-state index contributed by atoms with van der Waals surface area (Å²) in [6.45, 7) is 0. The van der Waals surface area contributed by atoms with Crippen molar-refractivity contribution in [1.29, 1.82) is 0 Å². The topological polar surface area (TPSA) is 33.4 Å². The van der Waals surface area contributed by atoms with Crippen molar-refractivity contribution in [3.63, 3.8) is 0 Å². The first-order chi connectivity index (χ1) is 7.72. The first kappa shape index (κ1) is 10.2. The van der Waals surface area contributed by atoms with Crippen LogP contribution in [0.25, 0.3) is 11.0 Å². The lowest BCUT2D eigenvalue weighted by Crippen LogP contribution is -1.98. The molecule has 0 bridgehead atoms. The Bertz CT molecular complexity index is 518. The molecule has 3 heteroatoms. The Hall–Kier alpha value is -0.990. The maximum Gasteiger partial charge on any atom is 0.134 e. The third-order valence-electron chi connectivity index (χ3n) is 3.30. The van der Waals surface area contributed by atoms with Gasteiger partial charge in [-0.25, -0.2) is 0 Å². The number of benzene rings is 1. The van der Waals surface area contributed by atoms with E-state index in [9.17, 15) is 5.11 Å². The molecule has 1 aromatic carbocycles. The van der Waals surface area contributed by atoms with Gasteiger partial charge in [-0.15, -0.1) is 0 Å². The molecule has 1 aromatic heterocycles. The van der Waals surface area contributed by atoms with E-state index in [0.29, 0.717) is 5.92 Å². The Morgan fingerprint density at radius 3 is 2.88 bits per heavy atom. The van der Waals surface area contributed by atoms with E-state index in [1.807, 2.05) is 24.3 Å². The Labute approximate surface area is 98.8 Å². The Morgan fingerprint density at radius 1 is 1.25 bits per heavy atom. The molecule has 0 amide bonds. The number of furan rings is 1. The lowest BCUT2D eigenvalue weighted by atomic mass is 10.1. The van der Waals surface area contributed by atoms with E-state index in [1.165, 1.54) is 0 Å². The molecule has 1 heterocycles. The normalized spacial score (nSPS) is 25.4. The SMILES string of the molecule is OC1CCC(c2cc3cc(Cl)ccc3o2)C1. The minimum Gasteiger partial charge on any atom is -0.461 e. The lowest BCUT2D eigenvalue weighted by molar-refractivity contribution is 0.180. The zero-order valence-electron chi connectivity index (χ0n) is 8.82. The summed E-state index contributed by atoms with van der Waals surface area (Å²) in [5, 5.41) is 11.3. The second-order valence-corrected chi connectivity index (χ2v) is 4.93. The number of aliphatic hydroxyl groups excluding tert-OH is 1. The number of hydrogen-bond donors (Lipinski definition) is 1. The molecular formula is C13H13ClO2. The summed E-state index contributed by atoms with van der Waals surface area (Å²) >= 11 is 5.93.